The van der Waals surface area contributed by atoms with Crippen molar-refractivity contribution in [2.24, 2.45) is 10.4 Å². The van der Waals surface area contributed by atoms with Gasteiger partial charge in [0.25, 0.3) is 0 Å². The molecule has 1 aromatic rings. The van der Waals surface area contributed by atoms with Crippen LogP contribution in [-0.2, 0) is 9.84 Å². The third-order valence-corrected chi connectivity index (χ3v) is 6.31. The summed E-state index contributed by atoms with van der Waals surface area (Å²) in [7, 11) is -1.40. The van der Waals surface area contributed by atoms with Crippen LogP contribution in [0.4, 0.5) is 0 Å². The van der Waals surface area contributed by atoms with Crippen LogP contribution in [0.3, 0.4) is 0 Å². The van der Waals surface area contributed by atoms with Gasteiger partial charge in [-0.2, -0.15) is 0 Å². The van der Waals surface area contributed by atoms with Crippen LogP contribution in [0.15, 0.2) is 34.2 Å². The predicted octanol–water partition coefficient (Wildman–Crippen LogP) is 3.22. The molecule has 0 spiro atoms. The molecule has 0 saturated heterocycles. The number of sulfone groups is 1. The summed E-state index contributed by atoms with van der Waals surface area (Å²) in [5, 5.41) is 6.70. The van der Waals surface area contributed by atoms with Gasteiger partial charge >= 0.3 is 0 Å². The van der Waals surface area contributed by atoms with Crippen molar-refractivity contribution in [3.63, 3.8) is 0 Å². The van der Waals surface area contributed by atoms with Gasteiger partial charge in [-0.25, -0.2) is 8.42 Å². The summed E-state index contributed by atoms with van der Waals surface area (Å²) >= 11 is 0. The van der Waals surface area contributed by atoms with Gasteiger partial charge in [0.2, 0.25) is 0 Å². The van der Waals surface area contributed by atoms with Crippen LogP contribution >= 0.6 is 24.0 Å². The van der Waals surface area contributed by atoms with E-state index < -0.39 is 9.84 Å². The lowest BCUT2D eigenvalue weighted by Crippen LogP contribution is -2.44. The fraction of sp³-hybridized carbons (Fsp3) is 0.632. The molecular formula is C19H32IN3O3S. The first-order valence-electron chi connectivity index (χ1n) is 9.26. The van der Waals surface area contributed by atoms with Crippen molar-refractivity contribution in [2.45, 2.75) is 43.9 Å². The number of ether oxygens (including phenoxy) is 1. The molecule has 0 atom stereocenters. The van der Waals surface area contributed by atoms with Crippen molar-refractivity contribution in [3.8, 4) is 5.75 Å². The zero-order chi connectivity index (χ0) is 19.0. The number of nitrogens with zero attached hydrogens (tertiary/aromatic N) is 1. The fourth-order valence-electron chi connectivity index (χ4n) is 3.39. The van der Waals surface area contributed by atoms with Crippen LogP contribution in [0.2, 0.25) is 0 Å². The van der Waals surface area contributed by atoms with E-state index in [1.54, 1.807) is 31.3 Å². The first kappa shape index (κ1) is 24.0. The van der Waals surface area contributed by atoms with E-state index in [9.17, 15) is 8.42 Å². The van der Waals surface area contributed by atoms with Crippen molar-refractivity contribution in [1.29, 1.82) is 0 Å². The lowest BCUT2D eigenvalue weighted by molar-refractivity contribution is 0.282. The monoisotopic (exact) mass is 509 g/mol. The Morgan fingerprint density at radius 3 is 2.33 bits per heavy atom. The van der Waals surface area contributed by atoms with Crippen molar-refractivity contribution >= 4 is 39.8 Å². The van der Waals surface area contributed by atoms with Gasteiger partial charge in [-0.05, 0) is 48.9 Å². The molecule has 1 saturated carbocycles. The number of nitrogens with one attached hydrogen (secondary N) is 2. The first-order valence-corrected chi connectivity index (χ1v) is 11.2. The number of halogens is 1. The Morgan fingerprint density at radius 1 is 1.19 bits per heavy atom. The fourth-order valence-corrected chi connectivity index (χ4v) is 4.02. The number of benzene rings is 1. The zero-order valence-electron chi connectivity index (χ0n) is 16.5. The second-order valence-corrected chi connectivity index (χ2v) is 9.02. The summed E-state index contributed by atoms with van der Waals surface area (Å²) in [6.45, 7) is 4.31. The van der Waals surface area contributed by atoms with E-state index in [1.165, 1.54) is 38.4 Å². The summed E-state index contributed by atoms with van der Waals surface area (Å²) in [5.74, 6) is 1.44. The second-order valence-electron chi connectivity index (χ2n) is 7.01. The molecule has 154 valence electrons. The minimum atomic E-state index is -3.17. The molecule has 1 aliphatic carbocycles. The maximum absolute atomic E-state index is 11.4. The number of hydrogen-bond acceptors (Lipinski definition) is 4. The van der Waals surface area contributed by atoms with E-state index in [0.29, 0.717) is 29.2 Å². The SMILES string of the molecule is CCC1(CNC(=NC)NCCOc2ccc(S(C)(=O)=O)cc2)CCCC1.I. The molecule has 27 heavy (non-hydrogen) atoms. The van der Waals surface area contributed by atoms with Crippen molar-refractivity contribution in [2.75, 3.05) is 33.0 Å². The molecule has 0 bridgehead atoms. The van der Waals surface area contributed by atoms with Gasteiger partial charge in [-0.15, -0.1) is 24.0 Å². The summed E-state index contributed by atoms with van der Waals surface area (Å²) in [6, 6.07) is 6.47. The number of guanidine groups is 1. The number of hydrogen-bond donors (Lipinski definition) is 2. The quantitative estimate of drug-likeness (QED) is 0.244. The van der Waals surface area contributed by atoms with Crippen LogP contribution < -0.4 is 15.4 Å². The van der Waals surface area contributed by atoms with Crippen LogP contribution in [0.25, 0.3) is 0 Å². The molecule has 0 aromatic heterocycles. The second kappa shape index (κ2) is 11.1. The van der Waals surface area contributed by atoms with Crippen LogP contribution in [0, 0.1) is 5.41 Å². The summed E-state index contributed by atoms with van der Waals surface area (Å²) < 4.78 is 28.5. The Hall–Kier alpha value is -1.03. The van der Waals surface area contributed by atoms with Gasteiger partial charge in [0.1, 0.15) is 12.4 Å². The molecule has 1 aliphatic rings. The number of aliphatic imine (C=N–C) groups is 1. The van der Waals surface area contributed by atoms with Gasteiger partial charge in [0, 0.05) is 19.8 Å². The van der Waals surface area contributed by atoms with Gasteiger partial charge < -0.3 is 15.4 Å². The highest BCUT2D eigenvalue weighted by molar-refractivity contribution is 14.0. The predicted molar refractivity (Wildman–Crippen MR) is 121 cm³/mol. The molecule has 1 aromatic carbocycles. The van der Waals surface area contributed by atoms with Crippen molar-refractivity contribution < 1.29 is 13.2 Å². The smallest absolute Gasteiger partial charge is 0.191 e. The maximum atomic E-state index is 11.4. The molecule has 0 unspecified atom stereocenters. The molecule has 0 radical (unpaired) electrons. The lowest BCUT2D eigenvalue weighted by Gasteiger charge is -2.28. The average Bonchev–Trinajstić information content (AvgIpc) is 3.10. The Morgan fingerprint density at radius 2 is 1.81 bits per heavy atom. The molecule has 6 nitrogen and oxygen atoms in total. The van der Waals surface area contributed by atoms with Crippen LogP contribution in [-0.4, -0.2) is 47.4 Å². The van der Waals surface area contributed by atoms with E-state index in [4.69, 9.17) is 4.74 Å². The van der Waals surface area contributed by atoms with Gasteiger partial charge in [-0.3, -0.25) is 4.99 Å². The molecular weight excluding hydrogens is 477 g/mol. The van der Waals surface area contributed by atoms with E-state index >= 15 is 0 Å². The summed E-state index contributed by atoms with van der Waals surface area (Å²) in [6.07, 6.45) is 7.63. The molecule has 0 amide bonds. The van der Waals surface area contributed by atoms with Gasteiger partial charge in [0.15, 0.2) is 15.8 Å². The van der Waals surface area contributed by atoms with E-state index in [0.717, 1.165) is 12.5 Å². The van der Waals surface area contributed by atoms with Crippen molar-refractivity contribution in [3.05, 3.63) is 24.3 Å². The number of rotatable bonds is 8. The average molecular weight is 509 g/mol. The van der Waals surface area contributed by atoms with E-state index in [1.807, 2.05) is 0 Å². The standard InChI is InChI=1S/C19H31N3O3S.HI/c1-4-19(11-5-6-12-19)15-22-18(20-2)21-13-14-25-16-7-9-17(10-8-16)26(3,23)24;/h7-10H,4-6,11-15H2,1-3H3,(H2,20,21,22);1H. The molecule has 8 heteroatoms. The van der Waals surface area contributed by atoms with Crippen molar-refractivity contribution in [1.82, 2.24) is 10.6 Å². The summed E-state index contributed by atoms with van der Waals surface area (Å²) in [4.78, 5) is 4.57. The highest BCUT2D eigenvalue weighted by atomic mass is 127. The Labute approximate surface area is 180 Å². The Kier molecular flexibility index (Phi) is 9.86. The Bertz CT molecular complexity index is 699. The van der Waals surface area contributed by atoms with Crippen LogP contribution in [0.1, 0.15) is 39.0 Å². The molecule has 1 fully saturated rings. The zero-order valence-corrected chi connectivity index (χ0v) is 19.6. The third-order valence-electron chi connectivity index (χ3n) is 5.18. The van der Waals surface area contributed by atoms with Crippen LogP contribution in [0.5, 0.6) is 5.75 Å². The third kappa shape index (κ3) is 7.48. The normalized spacial score (nSPS) is 16.5. The first-order chi connectivity index (χ1) is 12.4. The minimum Gasteiger partial charge on any atom is -0.492 e. The molecule has 0 heterocycles. The lowest BCUT2D eigenvalue weighted by atomic mass is 9.83. The largest absolute Gasteiger partial charge is 0.492 e. The maximum Gasteiger partial charge on any atom is 0.191 e. The minimum absolute atomic E-state index is 0. The molecule has 2 rings (SSSR count). The molecule has 0 aliphatic heterocycles. The highest BCUT2D eigenvalue weighted by Gasteiger charge is 2.31. The Balaban J connectivity index is 0.00000364. The van der Waals surface area contributed by atoms with Gasteiger partial charge in [0.05, 0.1) is 11.4 Å². The van der Waals surface area contributed by atoms with Gasteiger partial charge in [-0.1, -0.05) is 19.8 Å². The van der Waals surface area contributed by atoms with E-state index in [-0.39, 0.29) is 24.0 Å². The topological polar surface area (TPSA) is 79.8 Å². The molecule has 2 N–H and O–H groups in total. The highest BCUT2D eigenvalue weighted by Crippen LogP contribution is 2.40. The van der Waals surface area contributed by atoms with E-state index in [2.05, 4.69) is 22.5 Å². The summed E-state index contributed by atoms with van der Waals surface area (Å²) in [5.41, 5.74) is 0.412.